The summed E-state index contributed by atoms with van der Waals surface area (Å²) in [6.45, 7) is 5.76. The zero-order valence-corrected chi connectivity index (χ0v) is 21.2. The fourth-order valence-corrected chi connectivity index (χ4v) is 4.09. The van der Waals surface area contributed by atoms with Crippen LogP contribution in [0.2, 0.25) is 5.02 Å². The van der Waals surface area contributed by atoms with Crippen molar-refractivity contribution in [1.29, 1.82) is 0 Å². The fourth-order valence-electron chi connectivity index (χ4n) is 3.85. The molecular formula is C27H33ClFN5O. The Kier molecular flexibility index (Phi) is 9.60. The maximum atomic E-state index is 15.0. The van der Waals surface area contributed by atoms with Gasteiger partial charge in [0.1, 0.15) is 5.84 Å². The van der Waals surface area contributed by atoms with Crippen molar-refractivity contribution in [3.63, 3.8) is 0 Å². The fraction of sp³-hybridized carbons (Fsp3) is 0.333. The summed E-state index contributed by atoms with van der Waals surface area (Å²) < 4.78 is 15.0. The number of benzene rings is 2. The van der Waals surface area contributed by atoms with Gasteiger partial charge in [-0.05, 0) is 74.2 Å². The van der Waals surface area contributed by atoms with E-state index in [4.69, 9.17) is 17.3 Å². The topological polar surface area (TPSA) is 82.8 Å². The predicted octanol–water partition coefficient (Wildman–Crippen LogP) is 4.78. The lowest BCUT2D eigenvalue weighted by Crippen LogP contribution is -2.23. The van der Waals surface area contributed by atoms with Gasteiger partial charge in [0.15, 0.2) is 5.82 Å². The molecule has 6 nitrogen and oxygen atoms in total. The van der Waals surface area contributed by atoms with Gasteiger partial charge in [0.05, 0.1) is 10.7 Å². The van der Waals surface area contributed by atoms with Crippen molar-refractivity contribution in [2.24, 2.45) is 10.7 Å². The molecule has 0 aromatic heterocycles. The third-order valence-electron chi connectivity index (χ3n) is 5.74. The number of carbonyl (C=O) groups excluding carboxylic acids is 1. The Morgan fingerprint density at radius 1 is 1.23 bits per heavy atom. The van der Waals surface area contributed by atoms with Crippen LogP contribution in [0.5, 0.6) is 0 Å². The zero-order valence-electron chi connectivity index (χ0n) is 20.4. The summed E-state index contributed by atoms with van der Waals surface area (Å²) in [5, 5.41) is 5.98. The molecule has 0 spiro atoms. The highest BCUT2D eigenvalue weighted by atomic mass is 35.5. The summed E-state index contributed by atoms with van der Waals surface area (Å²) in [4.78, 5) is 17.6. The number of aryl methyl sites for hydroxylation is 1. The predicted molar refractivity (Wildman–Crippen MR) is 143 cm³/mol. The first kappa shape index (κ1) is 26.6. The number of nitrogens with one attached hydrogen (secondary N) is 2. The summed E-state index contributed by atoms with van der Waals surface area (Å²) >= 11 is 6.21. The van der Waals surface area contributed by atoms with E-state index in [1.165, 1.54) is 5.56 Å². The largest absolute Gasteiger partial charge is 0.350 e. The molecule has 1 aliphatic rings. The van der Waals surface area contributed by atoms with Crippen molar-refractivity contribution in [3.05, 3.63) is 81.8 Å². The third kappa shape index (κ3) is 7.24. The maximum Gasteiger partial charge on any atom is 0.212 e. The number of anilines is 1. The summed E-state index contributed by atoms with van der Waals surface area (Å²) in [5.41, 5.74) is 10.3. The minimum atomic E-state index is -0.533. The van der Waals surface area contributed by atoms with Crippen molar-refractivity contribution in [2.45, 2.75) is 45.7 Å². The van der Waals surface area contributed by atoms with E-state index in [2.05, 4.69) is 34.7 Å². The Bertz CT molecular complexity index is 1130. The van der Waals surface area contributed by atoms with Crippen LogP contribution in [-0.2, 0) is 17.8 Å². The van der Waals surface area contributed by atoms with E-state index < -0.39 is 5.82 Å². The first-order valence-corrected chi connectivity index (χ1v) is 12.2. The van der Waals surface area contributed by atoms with Crippen molar-refractivity contribution in [2.75, 3.05) is 18.5 Å². The van der Waals surface area contributed by atoms with Crippen LogP contribution >= 0.6 is 11.6 Å². The monoisotopic (exact) mass is 497 g/mol. The number of nitrogens with two attached hydrogens (primary N) is 1. The molecule has 1 aliphatic heterocycles. The quantitative estimate of drug-likeness (QED) is 0.390. The summed E-state index contributed by atoms with van der Waals surface area (Å²) in [6.07, 6.45) is 6.65. The number of carbonyl (C=O) groups is 1. The van der Waals surface area contributed by atoms with Gasteiger partial charge in [0, 0.05) is 42.7 Å². The van der Waals surface area contributed by atoms with Crippen LogP contribution in [0.1, 0.15) is 43.4 Å². The smallest absolute Gasteiger partial charge is 0.212 e. The van der Waals surface area contributed by atoms with Crippen LogP contribution in [0.3, 0.4) is 0 Å². The number of rotatable bonds is 11. The minimum absolute atomic E-state index is 0.0477. The van der Waals surface area contributed by atoms with Gasteiger partial charge in [-0.2, -0.15) is 0 Å². The molecule has 2 aromatic rings. The van der Waals surface area contributed by atoms with Crippen LogP contribution in [0, 0.1) is 5.82 Å². The van der Waals surface area contributed by atoms with E-state index in [1.807, 2.05) is 37.2 Å². The van der Waals surface area contributed by atoms with Crippen LogP contribution in [0.15, 0.2) is 59.2 Å². The molecule has 0 bridgehead atoms. The Balaban J connectivity index is 1.88. The number of amidine groups is 1. The number of hydrogen-bond acceptors (Lipinski definition) is 5. The maximum absolute atomic E-state index is 15.0. The van der Waals surface area contributed by atoms with Gasteiger partial charge in [-0.3, -0.25) is 4.79 Å². The van der Waals surface area contributed by atoms with E-state index in [1.54, 1.807) is 18.2 Å². The molecule has 2 aromatic carbocycles. The standard InChI is InChI=1S/C27H33ClFN5O/c1-4-31-15-19-8-10-22(11-9-19)34(3)16-21-14-25(33-27(21)32-17-35)23-12-20(7-5-6-18(2)30)13-24(28)26(23)29/h8-14,16-18,31H,4-7,15,30H2,1-3H3,(H,32,33,35)/b21-16-. The Hall–Kier alpha value is -3.00. The van der Waals surface area contributed by atoms with Crippen LogP contribution < -0.4 is 21.3 Å². The second-order valence-corrected chi connectivity index (χ2v) is 9.11. The lowest BCUT2D eigenvalue weighted by Gasteiger charge is -2.16. The molecule has 0 saturated heterocycles. The average Bonchev–Trinajstić information content (AvgIpc) is 3.22. The van der Waals surface area contributed by atoms with E-state index >= 15 is 0 Å². The average molecular weight is 498 g/mol. The highest BCUT2D eigenvalue weighted by molar-refractivity contribution is 6.31. The van der Waals surface area contributed by atoms with E-state index in [0.717, 1.165) is 43.6 Å². The number of amides is 1. The van der Waals surface area contributed by atoms with Gasteiger partial charge >= 0.3 is 0 Å². The van der Waals surface area contributed by atoms with E-state index in [0.29, 0.717) is 29.1 Å². The first-order valence-electron chi connectivity index (χ1n) is 11.8. The molecule has 1 amide bonds. The molecule has 3 rings (SSSR count). The van der Waals surface area contributed by atoms with Crippen molar-refractivity contribution < 1.29 is 9.18 Å². The molecule has 1 atom stereocenters. The Morgan fingerprint density at radius 3 is 2.63 bits per heavy atom. The number of hydrogen-bond donors (Lipinski definition) is 3. The SMILES string of the molecule is CCNCc1ccc(N(C)/C=C2/C=C(c3cc(CCCC(C)N)cc(Cl)c3F)N=C2NC=O)cc1. The molecule has 0 aliphatic carbocycles. The number of halogens is 2. The highest BCUT2D eigenvalue weighted by Gasteiger charge is 2.21. The van der Waals surface area contributed by atoms with Gasteiger partial charge in [-0.1, -0.05) is 30.7 Å². The van der Waals surface area contributed by atoms with Crippen molar-refractivity contribution >= 4 is 35.2 Å². The molecule has 0 saturated carbocycles. The molecule has 35 heavy (non-hydrogen) atoms. The molecule has 0 fully saturated rings. The zero-order chi connectivity index (χ0) is 25.4. The molecule has 8 heteroatoms. The normalized spacial score (nSPS) is 15.1. The van der Waals surface area contributed by atoms with Crippen LogP contribution in [0.4, 0.5) is 10.1 Å². The van der Waals surface area contributed by atoms with Crippen LogP contribution in [0.25, 0.3) is 5.70 Å². The van der Waals surface area contributed by atoms with Gasteiger partial charge in [-0.25, -0.2) is 9.38 Å². The summed E-state index contributed by atoms with van der Waals surface area (Å²) in [7, 11) is 1.91. The van der Waals surface area contributed by atoms with Gasteiger partial charge < -0.3 is 21.3 Å². The Morgan fingerprint density at radius 2 is 1.97 bits per heavy atom. The van der Waals surface area contributed by atoms with E-state index in [-0.39, 0.29) is 11.1 Å². The summed E-state index contributed by atoms with van der Waals surface area (Å²) in [6, 6.07) is 11.7. The molecule has 1 unspecified atom stereocenters. The Labute approximate surface area is 211 Å². The van der Waals surface area contributed by atoms with Crippen molar-refractivity contribution in [3.8, 4) is 0 Å². The molecule has 1 heterocycles. The molecule has 4 N–H and O–H groups in total. The van der Waals surface area contributed by atoms with Gasteiger partial charge in [-0.15, -0.1) is 0 Å². The van der Waals surface area contributed by atoms with Gasteiger partial charge in [0.2, 0.25) is 6.41 Å². The van der Waals surface area contributed by atoms with Gasteiger partial charge in [0.25, 0.3) is 0 Å². The van der Waals surface area contributed by atoms with Crippen molar-refractivity contribution in [1.82, 2.24) is 10.6 Å². The number of aliphatic imine (C=N–C) groups is 1. The third-order valence-corrected chi connectivity index (χ3v) is 6.01. The second-order valence-electron chi connectivity index (χ2n) is 8.70. The highest BCUT2D eigenvalue weighted by Crippen LogP contribution is 2.32. The second kappa shape index (κ2) is 12.6. The molecule has 0 radical (unpaired) electrons. The lowest BCUT2D eigenvalue weighted by molar-refractivity contribution is -0.108. The first-order chi connectivity index (χ1) is 16.8. The minimum Gasteiger partial charge on any atom is -0.350 e. The number of nitrogens with zero attached hydrogens (tertiary/aromatic N) is 2. The van der Waals surface area contributed by atoms with Crippen LogP contribution in [-0.4, -0.2) is 31.9 Å². The molecule has 186 valence electrons. The molecular weight excluding hydrogens is 465 g/mol. The summed E-state index contributed by atoms with van der Waals surface area (Å²) in [5.74, 6) is -0.183. The van der Waals surface area contributed by atoms with E-state index in [9.17, 15) is 9.18 Å². The lowest BCUT2D eigenvalue weighted by atomic mass is 10.0.